The number of aliphatic carboxylic acids is 1. The number of ether oxygens (including phenoxy) is 1. The molecule has 1 aromatic rings. The molecule has 1 aromatic carbocycles. The van der Waals surface area contributed by atoms with E-state index in [0.717, 1.165) is 0 Å². The zero-order valence-corrected chi connectivity index (χ0v) is 11.1. The fourth-order valence-electron chi connectivity index (χ4n) is 1.89. The Bertz CT molecular complexity index is 647. The van der Waals surface area contributed by atoms with Gasteiger partial charge in [0.1, 0.15) is 0 Å². The first-order chi connectivity index (χ1) is 9.44. The van der Waals surface area contributed by atoms with Gasteiger partial charge in [-0.25, -0.2) is 13.1 Å². The van der Waals surface area contributed by atoms with Crippen molar-refractivity contribution in [3.63, 3.8) is 0 Å². The molecule has 0 bridgehead atoms. The maximum atomic E-state index is 12.1. The first-order valence-corrected chi connectivity index (χ1v) is 7.25. The summed E-state index contributed by atoms with van der Waals surface area (Å²) in [6, 6.07) is 6.45. The molecule has 2 N–H and O–H groups in total. The molecule has 106 valence electrons. The van der Waals surface area contributed by atoms with Crippen molar-refractivity contribution in [2.45, 2.75) is 10.9 Å². The summed E-state index contributed by atoms with van der Waals surface area (Å²) in [5.74, 6) is -2.00. The summed E-state index contributed by atoms with van der Waals surface area (Å²) in [5, 5.41) is 17.6. The molecule has 2 unspecified atom stereocenters. The first-order valence-electron chi connectivity index (χ1n) is 5.77. The van der Waals surface area contributed by atoms with Gasteiger partial charge in [0, 0.05) is 0 Å². The van der Waals surface area contributed by atoms with Crippen molar-refractivity contribution in [1.82, 2.24) is 4.72 Å². The highest BCUT2D eigenvalue weighted by Crippen LogP contribution is 2.18. The second kappa shape index (κ2) is 5.58. The maximum absolute atomic E-state index is 12.1. The molecule has 7 nitrogen and oxygen atoms in total. The molecule has 0 aliphatic carbocycles. The van der Waals surface area contributed by atoms with Crippen molar-refractivity contribution in [1.29, 1.82) is 5.26 Å². The highest BCUT2D eigenvalue weighted by Gasteiger charge is 2.36. The number of carboxylic acid groups (broad SMARTS) is 1. The van der Waals surface area contributed by atoms with Crippen LogP contribution in [0.5, 0.6) is 0 Å². The van der Waals surface area contributed by atoms with Crippen LogP contribution in [0, 0.1) is 17.2 Å². The van der Waals surface area contributed by atoms with E-state index in [1.807, 2.05) is 6.07 Å². The zero-order valence-electron chi connectivity index (χ0n) is 10.3. The average Bonchev–Trinajstić information content (AvgIpc) is 2.86. The number of nitrogens with one attached hydrogen (secondary N) is 1. The Labute approximate surface area is 115 Å². The lowest BCUT2D eigenvalue weighted by molar-refractivity contribution is -0.142. The molecule has 1 saturated heterocycles. The number of carboxylic acids is 1. The molecule has 1 heterocycles. The Kier molecular flexibility index (Phi) is 4.04. The van der Waals surface area contributed by atoms with Crippen molar-refractivity contribution in [3.8, 4) is 6.07 Å². The standard InChI is InChI=1S/C12H12N2O5S/c13-5-8-1-3-9(4-2-8)20(17,18)14-11-7-19-6-10(11)12(15)16/h1-4,10-11,14H,6-7H2,(H,15,16). The van der Waals surface area contributed by atoms with E-state index in [0.29, 0.717) is 5.56 Å². The van der Waals surface area contributed by atoms with Crippen LogP contribution < -0.4 is 4.72 Å². The van der Waals surface area contributed by atoms with Crippen LogP contribution in [0.15, 0.2) is 29.2 Å². The quantitative estimate of drug-likeness (QED) is 0.803. The Morgan fingerprint density at radius 2 is 2.00 bits per heavy atom. The van der Waals surface area contributed by atoms with Crippen LogP contribution in [-0.4, -0.2) is 38.7 Å². The maximum Gasteiger partial charge on any atom is 0.310 e. The third-order valence-corrected chi connectivity index (χ3v) is 4.50. The van der Waals surface area contributed by atoms with Gasteiger partial charge in [-0.2, -0.15) is 5.26 Å². The molecule has 0 saturated carbocycles. The van der Waals surface area contributed by atoms with Crippen molar-refractivity contribution in [3.05, 3.63) is 29.8 Å². The number of nitrogens with zero attached hydrogens (tertiary/aromatic N) is 1. The van der Waals surface area contributed by atoms with E-state index >= 15 is 0 Å². The third kappa shape index (κ3) is 2.96. The predicted molar refractivity (Wildman–Crippen MR) is 67.2 cm³/mol. The zero-order chi connectivity index (χ0) is 14.8. The van der Waals surface area contributed by atoms with Gasteiger partial charge in [-0.15, -0.1) is 0 Å². The number of carbonyl (C=O) groups is 1. The molecular weight excluding hydrogens is 284 g/mol. The molecule has 20 heavy (non-hydrogen) atoms. The van der Waals surface area contributed by atoms with Crippen molar-refractivity contribution < 1.29 is 23.1 Å². The second-order valence-corrected chi connectivity index (χ2v) is 6.06. The van der Waals surface area contributed by atoms with Crippen LogP contribution in [0.4, 0.5) is 0 Å². The van der Waals surface area contributed by atoms with Gasteiger partial charge in [0.15, 0.2) is 0 Å². The molecule has 0 spiro atoms. The number of sulfonamides is 1. The minimum absolute atomic E-state index is 0.0180. The third-order valence-electron chi connectivity index (χ3n) is 3.00. The summed E-state index contributed by atoms with van der Waals surface area (Å²) in [5.41, 5.74) is 0.344. The number of nitriles is 1. The van der Waals surface area contributed by atoms with Gasteiger partial charge in [0.2, 0.25) is 10.0 Å². The molecule has 0 radical (unpaired) electrons. The smallest absolute Gasteiger partial charge is 0.310 e. The lowest BCUT2D eigenvalue weighted by atomic mass is 10.1. The highest BCUT2D eigenvalue weighted by molar-refractivity contribution is 7.89. The summed E-state index contributed by atoms with van der Waals surface area (Å²) < 4.78 is 31.5. The summed E-state index contributed by atoms with van der Waals surface area (Å²) in [6.07, 6.45) is 0. The van der Waals surface area contributed by atoms with E-state index in [2.05, 4.69) is 4.72 Å². The van der Waals surface area contributed by atoms with Crippen LogP contribution in [0.1, 0.15) is 5.56 Å². The summed E-state index contributed by atoms with van der Waals surface area (Å²) >= 11 is 0. The number of hydrogen-bond donors (Lipinski definition) is 2. The van der Waals surface area contributed by atoms with Gasteiger partial charge in [-0.3, -0.25) is 4.79 Å². The first kappa shape index (κ1) is 14.5. The topological polar surface area (TPSA) is 116 Å². The largest absolute Gasteiger partial charge is 0.481 e. The predicted octanol–water partition coefficient (Wildman–Crippen LogP) is -0.0638. The number of hydrogen-bond acceptors (Lipinski definition) is 5. The summed E-state index contributed by atoms with van der Waals surface area (Å²) in [4.78, 5) is 10.9. The molecule has 1 fully saturated rings. The Balaban J connectivity index is 2.18. The molecule has 1 aliphatic heterocycles. The van der Waals surface area contributed by atoms with Gasteiger partial charge >= 0.3 is 5.97 Å². The fraction of sp³-hybridized carbons (Fsp3) is 0.333. The SMILES string of the molecule is N#Cc1ccc(S(=O)(=O)NC2COCC2C(=O)O)cc1. The molecule has 8 heteroatoms. The van der Waals surface area contributed by atoms with Crippen molar-refractivity contribution in [2.75, 3.05) is 13.2 Å². The van der Waals surface area contributed by atoms with E-state index in [1.54, 1.807) is 0 Å². The minimum atomic E-state index is -3.84. The van der Waals surface area contributed by atoms with Gasteiger partial charge in [0.05, 0.1) is 41.7 Å². The van der Waals surface area contributed by atoms with Crippen LogP contribution in [0.3, 0.4) is 0 Å². The highest BCUT2D eigenvalue weighted by atomic mass is 32.2. The molecule has 2 atom stereocenters. The fourth-order valence-corrected chi connectivity index (χ4v) is 3.15. The monoisotopic (exact) mass is 296 g/mol. The summed E-state index contributed by atoms with van der Waals surface area (Å²) in [7, 11) is -3.84. The Morgan fingerprint density at radius 1 is 1.35 bits per heavy atom. The van der Waals surface area contributed by atoms with Crippen LogP contribution in [0.2, 0.25) is 0 Å². The molecule has 0 amide bonds. The van der Waals surface area contributed by atoms with E-state index in [1.165, 1.54) is 24.3 Å². The lowest BCUT2D eigenvalue weighted by Crippen LogP contribution is -2.42. The second-order valence-electron chi connectivity index (χ2n) is 4.35. The van der Waals surface area contributed by atoms with Gasteiger partial charge in [0.25, 0.3) is 0 Å². The molecule has 1 aliphatic rings. The summed E-state index contributed by atoms with van der Waals surface area (Å²) in [6.45, 7) is 0.00235. The Morgan fingerprint density at radius 3 is 2.55 bits per heavy atom. The van der Waals surface area contributed by atoms with E-state index < -0.39 is 28.0 Å². The lowest BCUT2D eigenvalue weighted by Gasteiger charge is -2.15. The number of benzene rings is 1. The van der Waals surface area contributed by atoms with E-state index in [9.17, 15) is 13.2 Å². The van der Waals surface area contributed by atoms with Gasteiger partial charge in [-0.05, 0) is 24.3 Å². The van der Waals surface area contributed by atoms with Crippen LogP contribution in [-0.2, 0) is 19.6 Å². The molecule has 0 aromatic heterocycles. The van der Waals surface area contributed by atoms with Crippen LogP contribution >= 0.6 is 0 Å². The average molecular weight is 296 g/mol. The van der Waals surface area contributed by atoms with Crippen molar-refractivity contribution >= 4 is 16.0 Å². The molecular formula is C12H12N2O5S. The minimum Gasteiger partial charge on any atom is -0.481 e. The number of rotatable bonds is 4. The normalized spacial score (nSPS) is 22.4. The van der Waals surface area contributed by atoms with Gasteiger partial charge < -0.3 is 9.84 Å². The van der Waals surface area contributed by atoms with E-state index in [-0.39, 0.29) is 18.1 Å². The van der Waals surface area contributed by atoms with Crippen molar-refractivity contribution in [2.24, 2.45) is 5.92 Å². The Hall–Kier alpha value is -1.95. The van der Waals surface area contributed by atoms with Gasteiger partial charge in [-0.1, -0.05) is 0 Å². The van der Waals surface area contributed by atoms with E-state index in [4.69, 9.17) is 15.1 Å². The molecule has 2 rings (SSSR count). The van der Waals surface area contributed by atoms with Crippen LogP contribution in [0.25, 0.3) is 0 Å².